The third-order valence-electron chi connectivity index (χ3n) is 5.61. The summed E-state index contributed by atoms with van der Waals surface area (Å²) in [6.07, 6.45) is 1.86. The highest BCUT2D eigenvalue weighted by Crippen LogP contribution is 2.36. The van der Waals surface area contributed by atoms with Gasteiger partial charge in [-0.25, -0.2) is 13.1 Å². The van der Waals surface area contributed by atoms with Crippen LogP contribution in [0, 0.1) is 0 Å². The first-order chi connectivity index (χ1) is 16.8. The standard InChI is InChI=1S/C26H28N2O6S/c1-4-6-21-22(7-5-14-27-21)34-25(19-10-13-23-24(15-19)33-16-32-23)26(29)28-35(30,31)20-11-8-18(9-12-20)17(2)3/h5,7-15,17,25H,4,6,16H2,1-3H3,(H,28,29). The van der Waals surface area contributed by atoms with E-state index in [9.17, 15) is 13.2 Å². The van der Waals surface area contributed by atoms with Crippen molar-refractivity contribution in [3.05, 3.63) is 77.6 Å². The molecule has 1 unspecified atom stereocenters. The van der Waals surface area contributed by atoms with Crippen LogP contribution in [0.4, 0.5) is 0 Å². The van der Waals surface area contributed by atoms with Gasteiger partial charge in [-0.05, 0) is 54.3 Å². The number of carbonyl (C=O) groups excluding carboxylic acids is 1. The van der Waals surface area contributed by atoms with E-state index in [-0.39, 0.29) is 17.6 Å². The van der Waals surface area contributed by atoms with E-state index in [1.165, 1.54) is 12.1 Å². The number of hydrogen-bond donors (Lipinski definition) is 1. The third kappa shape index (κ3) is 5.57. The zero-order chi connectivity index (χ0) is 25.0. The van der Waals surface area contributed by atoms with Crippen molar-refractivity contribution in [1.29, 1.82) is 0 Å². The van der Waals surface area contributed by atoms with Crippen molar-refractivity contribution < 1.29 is 27.4 Å². The maximum Gasteiger partial charge on any atom is 0.279 e. The molecule has 184 valence electrons. The minimum absolute atomic E-state index is 0.00673. The van der Waals surface area contributed by atoms with E-state index in [0.717, 1.165) is 12.0 Å². The van der Waals surface area contributed by atoms with Gasteiger partial charge in [-0.15, -0.1) is 0 Å². The van der Waals surface area contributed by atoms with Crippen LogP contribution in [-0.4, -0.2) is 26.1 Å². The number of carbonyl (C=O) groups is 1. The SMILES string of the molecule is CCCc1ncccc1OC(C(=O)NS(=O)(=O)c1ccc(C(C)C)cc1)c1ccc2c(c1)OCO2. The van der Waals surface area contributed by atoms with E-state index in [1.807, 2.05) is 20.8 Å². The van der Waals surface area contributed by atoms with Crippen LogP contribution in [0.1, 0.15) is 56.0 Å². The number of ether oxygens (including phenoxy) is 3. The second-order valence-electron chi connectivity index (χ2n) is 8.50. The maximum absolute atomic E-state index is 13.4. The Hall–Kier alpha value is -3.59. The number of fused-ring (bicyclic) bond motifs is 1. The molecule has 0 saturated carbocycles. The molecule has 0 aliphatic carbocycles. The minimum Gasteiger partial charge on any atom is -0.474 e. The Morgan fingerprint density at radius 3 is 2.49 bits per heavy atom. The molecule has 1 N–H and O–H groups in total. The fourth-order valence-electron chi connectivity index (χ4n) is 3.71. The Morgan fingerprint density at radius 2 is 1.77 bits per heavy atom. The molecule has 2 aromatic carbocycles. The average Bonchev–Trinajstić information content (AvgIpc) is 3.31. The summed E-state index contributed by atoms with van der Waals surface area (Å²) in [6.45, 7) is 6.12. The van der Waals surface area contributed by atoms with E-state index >= 15 is 0 Å². The van der Waals surface area contributed by atoms with Crippen LogP contribution in [0.15, 0.2) is 65.7 Å². The molecule has 1 amide bonds. The topological polar surface area (TPSA) is 104 Å². The van der Waals surface area contributed by atoms with Gasteiger partial charge in [-0.2, -0.15) is 0 Å². The van der Waals surface area contributed by atoms with Crippen molar-refractivity contribution in [3.63, 3.8) is 0 Å². The summed E-state index contributed by atoms with van der Waals surface area (Å²) in [4.78, 5) is 17.7. The van der Waals surface area contributed by atoms with Crippen LogP contribution < -0.4 is 18.9 Å². The monoisotopic (exact) mass is 496 g/mol. The molecule has 35 heavy (non-hydrogen) atoms. The minimum atomic E-state index is -4.13. The quantitative estimate of drug-likeness (QED) is 0.465. The van der Waals surface area contributed by atoms with Gasteiger partial charge < -0.3 is 14.2 Å². The van der Waals surface area contributed by atoms with Crippen molar-refractivity contribution in [3.8, 4) is 17.2 Å². The molecule has 9 heteroatoms. The molecule has 1 aliphatic heterocycles. The number of pyridine rings is 1. The average molecular weight is 497 g/mol. The van der Waals surface area contributed by atoms with E-state index in [2.05, 4.69) is 9.71 Å². The molecule has 4 rings (SSSR count). The highest BCUT2D eigenvalue weighted by molar-refractivity contribution is 7.90. The Labute approximate surface area is 205 Å². The zero-order valence-electron chi connectivity index (χ0n) is 19.9. The van der Waals surface area contributed by atoms with Crippen molar-refractivity contribution in [2.45, 2.75) is 50.5 Å². The zero-order valence-corrected chi connectivity index (χ0v) is 20.7. The molecule has 1 aliphatic rings. The van der Waals surface area contributed by atoms with E-state index in [4.69, 9.17) is 14.2 Å². The van der Waals surface area contributed by atoms with Crippen LogP contribution in [0.2, 0.25) is 0 Å². The Kier molecular flexibility index (Phi) is 7.25. The van der Waals surface area contributed by atoms with Gasteiger partial charge in [-0.3, -0.25) is 9.78 Å². The lowest BCUT2D eigenvalue weighted by Gasteiger charge is -2.21. The number of amides is 1. The molecule has 0 saturated heterocycles. The lowest BCUT2D eigenvalue weighted by molar-refractivity contribution is -0.126. The molecular weight excluding hydrogens is 468 g/mol. The normalized spacial score (nSPS) is 13.5. The lowest BCUT2D eigenvalue weighted by Crippen LogP contribution is -2.37. The van der Waals surface area contributed by atoms with Crippen molar-refractivity contribution >= 4 is 15.9 Å². The fraction of sp³-hybridized carbons (Fsp3) is 0.308. The fourth-order valence-corrected chi connectivity index (χ4v) is 4.69. The van der Waals surface area contributed by atoms with Gasteiger partial charge in [0.25, 0.3) is 15.9 Å². The Balaban J connectivity index is 1.66. The van der Waals surface area contributed by atoms with Crippen LogP contribution in [0.3, 0.4) is 0 Å². The summed E-state index contributed by atoms with van der Waals surface area (Å²) in [6, 6.07) is 14.8. The summed E-state index contributed by atoms with van der Waals surface area (Å²) in [5.41, 5.74) is 2.10. The summed E-state index contributed by atoms with van der Waals surface area (Å²) in [7, 11) is -4.13. The number of nitrogens with zero attached hydrogens (tertiary/aromatic N) is 1. The largest absolute Gasteiger partial charge is 0.474 e. The number of hydrogen-bond acceptors (Lipinski definition) is 7. The first-order valence-electron chi connectivity index (χ1n) is 11.4. The molecule has 1 aromatic heterocycles. The van der Waals surface area contributed by atoms with Crippen molar-refractivity contribution in [2.75, 3.05) is 6.79 Å². The number of rotatable bonds is 9. The Morgan fingerprint density at radius 1 is 1.06 bits per heavy atom. The van der Waals surface area contributed by atoms with Crippen LogP contribution in [-0.2, 0) is 21.2 Å². The number of aromatic nitrogens is 1. The van der Waals surface area contributed by atoms with E-state index in [0.29, 0.717) is 34.9 Å². The lowest BCUT2D eigenvalue weighted by atomic mass is 10.0. The van der Waals surface area contributed by atoms with Gasteiger partial charge >= 0.3 is 0 Å². The predicted octanol–water partition coefficient (Wildman–Crippen LogP) is 4.51. The van der Waals surface area contributed by atoms with Crippen LogP contribution in [0.5, 0.6) is 17.2 Å². The molecule has 0 radical (unpaired) electrons. The van der Waals surface area contributed by atoms with E-state index in [1.54, 1.807) is 48.7 Å². The number of sulfonamides is 1. The van der Waals surface area contributed by atoms with E-state index < -0.39 is 22.0 Å². The molecule has 0 spiro atoms. The first kappa shape index (κ1) is 24.5. The smallest absolute Gasteiger partial charge is 0.279 e. The van der Waals surface area contributed by atoms with Crippen LogP contribution in [0.25, 0.3) is 0 Å². The van der Waals surface area contributed by atoms with Gasteiger partial charge in [0, 0.05) is 11.8 Å². The second-order valence-corrected chi connectivity index (χ2v) is 10.2. The molecule has 0 bridgehead atoms. The van der Waals surface area contributed by atoms with Gasteiger partial charge in [-0.1, -0.05) is 45.4 Å². The van der Waals surface area contributed by atoms with Crippen LogP contribution >= 0.6 is 0 Å². The van der Waals surface area contributed by atoms with Gasteiger partial charge in [0.05, 0.1) is 10.6 Å². The molecule has 8 nitrogen and oxygen atoms in total. The molecular formula is C26H28N2O6S. The van der Waals surface area contributed by atoms with Gasteiger partial charge in [0.1, 0.15) is 5.75 Å². The number of nitrogens with one attached hydrogen (secondary N) is 1. The second kappa shape index (κ2) is 10.4. The molecule has 2 heterocycles. The summed E-state index contributed by atoms with van der Waals surface area (Å²) < 4.78 is 45.1. The highest BCUT2D eigenvalue weighted by atomic mass is 32.2. The highest BCUT2D eigenvalue weighted by Gasteiger charge is 2.30. The summed E-state index contributed by atoms with van der Waals surface area (Å²) in [5.74, 6) is 0.825. The summed E-state index contributed by atoms with van der Waals surface area (Å²) in [5, 5.41) is 0. The Bertz CT molecular complexity index is 1310. The summed E-state index contributed by atoms with van der Waals surface area (Å²) >= 11 is 0. The van der Waals surface area contributed by atoms with Crippen molar-refractivity contribution in [1.82, 2.24) is 9.71 Å². The first-order valence-corrected chi connectivity index (χ1v) is 12.9. The molecule has 0 fully saturated rings. The molecule has 3 aromatic rings. The molecule has 1 atom stereocenters. The maximum atomic E-state index is 13.4. The van der Waals surface area contributed by atoms with Gasteiger partial charge in [0.2, 0.25) is 12.9 Å². The van der Waals surface area contributed by atoms with Crippen molar-refractivity contribution in [2.24, 2.45) is 0 Å². The predicted molar refractivity (Wildman–Crippen MR) is 130 cm³/mol. The third-order valence-corrected chi connectivity index (χ3v) is 6.97. The number of benzene rings is 2. The van der Waals surface area contributed by atoms with Gasteiger partial charge in [0.15, 0.2) is 11.5 Å². The number of aryl methyl sites for hydroxylation is 1.